The molecule has 4 heteroatoms. The maximum Gasteiger partial charge on any atom is 0.180 e. The van der Waals surface area contributed by atoms with Crippen LogP contribution in [0, 0.1) is 4.77 Å². The highest BCUT2D eigenvalue weighted by molar-refractivity contribution is 7.71. The fourth-order valence-electron chi connectivity index (χ4n) is 2.40. The molecule has 0 aliphatic rings. The van der Waals surface area contributed by atoms with Gasteiger partial charge >= 0.3 is 0 Å². The van der Waals surface area contributed by atoms with E-state index in [1.807, 2.05) is 12.1 Å². The Morgan fingerprint density at radius 2 is 1.58 bits per heavy atom. The molecule has 1 heterocycles. The molecule has 104 valence electrons. The molecular formula is C15H23N3S. The minimum Gasteiger partial charge on any atom is -0.399 e. The number of benzene rings is 1. The van der Waals surface area contributed by atoms with Crippen molar-refractivity contribution in [3.63, 3.8) is 0 Å². The lowest BCUT2D eigenvalue weighted by Crippen LogP contribution is -2.01. The molecule has 2 N–H and O–H groups in total. The Morgan fingerprint density at radius 3 is 2.16 bits per heavy atom. The number of imidazole rings is 1. The number of unbranched alkanes of at least 4 members (excludes halogenated alkanes) is 2. The van der Waals surface area contributed by atoms with E-state index in [1.54, 1.807) is 0 Å². The van der Waals surface area contributed by atoms with Crippen LogP contribution >= 0.6 is 12.2 Å². The van der Waals surface area contributed by atoms with Crippen LogP contribution in [0.1, 0.15) is 39.5 Å². The van der Waals surface area contributed by atoms with Gasteiger partial charge in [0.1, 0.15) is 0 Å². The molecule has 0 bridgehead atoms. The Morgan fingerprint density at radius 1 is 1.00 bits per heavy atom. The quantitative estimate of drug-likeness (QED) is 0.629. The monoisotopic (exact) mass is 277 g/mol. The van der Waals surface area contributed by atoms with Crippen LogP contribution in [0.15, 0.2) is 18.2 Å². The highest BCUT2D eigenvalue weighted by atomic mass is 32.1. The zero-order valence-electron chi connectivity index (χ0n) is 11.9. The van der Waals surface area contributed by atoms with Crippen LogP contribution in [0.3, 0.4) is 0 Å². The van der Waals surface area contributed by atoms with Gasteiger partial charge in [-0.2, -0.15) is 0 Å². The van der Waals surface area contributed by atoms with Crippen LogP contribution in [-0.2, 0) is 13.1 Å². The molecule has 3 nitrogen and oxygen atoms in total. The van der Waals surface area contributed by atoms with Gasteiger partial charge in [-0.15, -0.1) is 0 Å². The number of rotatable bonds is 6. The smallest absolute Gasteiger partial charge is 0.180 e. The molecule has 19 heavy (non-hydrogen) atoms. The van der Waals surface area contributed by atoms with Gasteiger partial charge in [-0.25, -0.2) is 0 Å². The van der Waals surface area contributed by atoms with Gasteiger partial charge in [0.25, 0.3) is 0 Å². The summed E-state index contributed by atoms with van der Waals surface area (Å²) in [7, 11) is 0. The average molecular weight is 277 g/mol. The van der Waals surface area contributed by atoms with Crippen LogP contribution in [0.2, 0.25) is 0 Å². The largest absolute Gasteiger partial charge is 0.399 e. The molecule has 2 aromatic rings. The van der Waals surface area contributed by atoms with Gasteiger partial charge < -0.3 is 14.9 Å². The Kier molecular flexibility index (Phi) is 4.64. The second kappa shape index (κ2) is 6.24. The van der Waals surface area contributed by atoms with E-state index >= 15 is 0 Å². The molecule has 0 fully saturated rings. The van der Waals surface area contributed by atoms with Crippen molar-refractivity contribution in [3.05, 3.63) is 23.0 Å². The number of aromatic nitrogens is 2. The first-order valence-electron chi connectivity index (χ1n) is 7.17. The van der Waals surface area contributed by atoms with Crippen molar-refractivity contribution in [1.29, 1.82) is 0 Å². The van der Waals surface area contributed by atoms with Gasteiger partial charge in [0.05, 0.1) is 11.0 Å². The highest BCUT2D eigenvalue weighted by Gasteiger charge is 2.10. The summed E-state index contributed by atoms with van der Waals surface area (Å²) in [5.74, 6) is 0. The van der Waals surface area contributed by atoms with Gasteiger partial charge in [0, 0.05) is 18.8 Å². The first kappa shape index (κ1) is 14.1. The van der Waals surface area contributed by atoms with Crippen LogP contribution < -0.4 is 5.73 Å². The van der Waals surface area contributed by atoms with Crippen molar-refractivity contribution in [2.24, 2.45) is 0 Å². The van der Waals surface area contributed by atoms with Crippen molar-refractivity contribution >= 4 is 28.9 Å². The summed E-state index contributed by atoms with van der Waals surface area (Å²) in [5.41, 5.74) is 9.12. The molecule has 0 aliphatic carbocycles. The molecule has 0 saturated heterocycles. The third-order valence-corrected chi connectivity index (χ3v) is 3.95. The van der Waals surface area contributed by atoms with Crippen LogP contribution in [-0.4, -0.2) is 9.13 Å². The predicted molar refractivity (Wildman–Crippen MR) is 85.0 cm³/mol. The minimum atomic E-state index is 0.806. The normalized spacial score (nSPS) is 11.3. The number of aryl methyl sites for hydroxylation is 2. The molecule has 0 spiro atoms. The number of nitrogens with two attached hydrogens (primary N) is 1. The zero-order chi connectivity index (χ0) is 13.8. The lowest BCUT2D eigenvalue weighted by molar-refractivity contribution is 0.590. The number of hydrogen-bond donors (Lipinski definition) is 1. The molecule has 1 aromatic carbocycles. The van der Waals surface area contributed by atoms with Crippen LogP contribution in [0.4, 0.5) is 5.69 Å². The van der Waals surface area contributed by atoms with Crippen molar-refractivity contribution < 1.29 is 0 Å². The third kappa shape index (κ3) is 2.84. The van der Waals surface area contributed by atoms with E-state index < -0.39 is 0 Å². The average Bonchev–Trinajstić information content (AvgIpc) is 2.65. The Balaban J connectivity index is 2.55. The molecule has 1 aromatic heterocycles. The van der Waals surface area contributed by atoms with Crippen LogP contribution in [0.25, 0.3) is 11.0 Å². The number of fused-ring (bicyclic) bond motifs is 1. The standard InChI is InChI=1S/C15H23N3S/c1-3-5-9-17-13-8-7-12(16)11-14(13)18(15(17)19)10-6-4-2/h7-8,11H,3-6,9-10,16H2,1-2H3. The second-order valence-corrected chi connectivity index (χ2v) is 5.41. The molecule has 0 amide bonds. The Hall–Kier alpha value is -1.29. The summed E-state index contributed by atoms with van der Waals surface area (Å²) >= 11 is 5.65. The maximum absolute atomic E-state index is 5.92. The number of anilines is 1. The molecule has 0 aliphatic heterocycles. The number of nitrogen functional groups attached to an aromatic ring is 1. The summed E-state index contributed by atoms with van der Waals surface area (Å²) < 4.78 is 5.42. The van der Waals surface area contributed by atoms with Gasteiger partial charge in [0.2, 0.25) is 0 Å². The molecular weight excluding hydrogens is 254 g/mol. The topological polar surface area (TPSA) is 35.9 Å². The maximum atomic E-state index is 5.92. The van der Waals surface area contributed by atoms with E-state index in [9.17, 15) is 0 Å². The summed E-state index contributed by atoms with van der Waals surface area (Å²) in [6.45, 7) is 6.38. The van der Waals surface area contributed by atoms with E-state index in [1.165, 1.54) is 23.9 Å². The summed E-state index contributed by atoms with van der Waals surface area (Å²) in [6, 6.07) is 6.10. The van der Waals surface area contributed by atoms with E-state index in [0.717, 1.165) is 36.4 Å². The van der Waals surface area contributed by atoms with Gasteiger partial charge in [-0.1, -0.05) is 26.7 Å². The number of hydrogen-bond acceptors (Lipinski definition) is 2. The fraction of sp³-hybridized carbons (Fsp3) is 0.533. The number of nitrogens with zero attached hydrogens (tertiary/aromatic N) is 2. The van der Waals surface area contributed by atoms with E-state index in [0.29, 0.717) is 0 Å². The van der Waals surface area contributed by atoms with Crippen molar-refractivity contribution in [2.45, 2.75) is 52.6 Å². The Labute approximate surface area is 120 Å². The predicted octanol–water partition coefficient (Wildman–Crippen LogP) is 4.35. The molecule has 0 atom stereocenters. The summed E-state index contributed by atoms with van der Waals surface area (Å²) in [6.07, 6.45) is 4.66. The van der Waals surface area contributed by atoms with E-state index in [2.05, 4.69) is 29.0 Å². The van der Waals surface area contributed by atoms with E-state index in [4.69, 9.17) is 18.0 Å². The summed E-state index contributed by atoms with van der Waals surface area (Å²) in [4.78, 5) is 0. The highest BCUT2D eigenvalue weighted by Crippen LogP contribution is 2.22. The van der Waals surface area contributed by atoms with Gasteiger partial charge in [-0.05, 0) is 43.3 Å². The first-order valence-corrected chi connectivity index (χ1v) is 7.58. The van der Waals surface area contributed by atoms with Crippen molar-refractivity contribution in [1.82, 2.24) is 9.13 Å². The minimum absolute atomic E-state index is 0.806. The van der Waals surface area contributed by atoms with Crippen molar-refractivity contribution in [3.8, 4) is 0 Å². The molecule has 0 radical (unpaired) electrons. The lowest BCUT2D eigenvalue weighted by atomic mass is 10.2. The second-order valence-electron chi connectivity index (χ2n) is 5.04. The summed E-state index contributed by atoms with van der Waals surface area (Å²) in [5, 5.41) is 0. The SMILES string of the molecule is CCCCn1c(=S)n(CCCC)c2cc(N)ccc21. The lowest BCUT2D eigenvalue weighted by Gasteiger charge is -2.03. The fourth-order valence-corrected chi connectivity index (χ4v) is 2.78. The third-order valence-electron chi connectivity index (χ3n) is 3.51. The van der Waals surface area contributed by atoms with Crippen molar-refractivity contribution in [2.75, 3.05) is 5.73 Å². The van der Waals surface area contributed by atoms with Crippen LogP contribution in [0.5, 0.6) is 0 Å². The van der Waals surface area contributed by atoms with Gasteiger partial charge in [-0.3, -0.25) is 0 Å². The zero-order valence-corrected chi connectivity index (χ0v) is 12.7. The van der Waals surface area contributed by atoms with E-state index in [-0.39, 0.29) is 0 Å². The molecule has 0 unspecified atom stereocenters. The molecule has 2 rings (SSSR count). The Bertz CT molecular complexity index is 610. The first-order chi connectivity index (χ1) is 9.19. The molecule has 0 saturated carbocycles. The van der Waals surface area contributed by atoms with Gasteiger partial charge in [0.15, 0.2) is 4.77 Å².